The highest BCUT2D eigenvalue weighted by molar-refractivity contribution is 5.50. The van der Waals surface area contributed by atoms with Crippen LogP contribution in [-0.2, 0) is 25.6 Å². The van der Waals surface area contributed by atoms with Crippen LogP contribution in [0.15, 0.2) is 60.7 Å². The molecule has 1 aliphatic carbocycles. The minimum atomic E-state index is -4.51. The van der Waals surface area contributed by atoms with Crippen molar-refractivity contribution in [1.82, 2.24) is 0 Å². The molecule has 4 rings (SSSR count). The normalized spacial score (nSPS) is 13.6. The molecule has 30 heavy (non-hydrogen) atoms. The second kappa shape index (κ2) is 8.38. The van der Waals surface area contributed by atoms with Crippen LogP contribution in [0.5, 0.6) is 11.5 Å². The zero-order valence-electron chi connectivity index (χ0n) is 16.2. The third-order valence-electron chi connectivity index (χ3n) is 5.25. The van der Waals surface area contributed by atoms with Crippen molar-refractivity contribution in [3.63, 3.8) is 0 Å². The number of hydrogen-bond acceptors (Lipinski definition) is 2. The van der Waals surface area contributed by atoms with Crippen molar-refractivity contribution in [2.75, 3.05) is 5.32 Å². The minimum absolute atomic E-state index is 0.0502. The van der Waals surface area contributed by atoms with E-state index in [9.17, 15) is 17.6 Å². The van der Waals surface area contributed by atoms with E-state index < -0.39 is 17.6 Å². The lowest BCUT2D eigenvalue weighted by Gasteiger charge is -2.17. The first-order valence-corrected chi connectivity index (χ1v) is 9.88. The summed E-state index contributed by atoms with van der Waals surface area (Å²) >= 11 is 0. The highest BCUT2D eigenvalue weighted by Gasteiger charge is 2.31. The summed E-state index contributed by atoms with van der Waals surface area (Å²) in [7, 11) is 0. The number of ether oxygens (including phenoxy) is 1. The Morgan fingerprint density at radius 3 is 2.40 bits per heavy atom. The molecule has 0 saturated carbocycles. The molecule has 3 aromatic carbocycles. The number of nitrogens with one attached hydrogen (secondary N) is 1. The standard InChI is InChI=1S/C24H21F4NO/c25-23-11-9-19(24(26,27)28)12-18(23)15-29-20-6-3-7-21(14-20)30-22-10-8-16-4-1-2-5-17(16)13-22/h3,6-14,29H,1-2,4-5,15H2. The molecular weight excluding hydrogens is 394 g/mol. The predicted octanol–water partition coefficient (Wildman–Crippen LogP) is 7.13. The fraction of sp³-hybridized carbons (Fsp3) is 0.250. The van der Waals surface area contributed by atoms with E-state index in [0.717, 1.165) is 36.8 Å². The molecule has 1 N–H and O–H groups in total. The van der Waals surface area contributed by atoms with Crippen LogP contribution in [0.1, 0.15) is 35.1 Å². The maximum absolute atomic E-state index is 13.9. The van der Waals surface area contributed by atoms with Crippen LogP contribution in [0.25, 0.3) is 0 Å². The summed E-state index contributed by atoms with van der Waals surface area (Å²) in [6.45, 7) is -0.0714. The molecule has 0 atom stereocenters. The summed E-state index contributed by atoms with van der Waals surface area (Å²) in [5, 5.41) is 2.97. The molecule has 0 amide bonds. The van der Waals surface area contributed by atoms with E-state index in [4.69, 9.17) is 4.74 Å². The first kappa shape index (κ1) is 20.3. The van der Waals surface area contributed by atoms with E-state index in [1.54, 1.807) is 24.3 Å². The van der Waals surface area contributed by atoms with Crippen molar-refractivity contribution in [3.8, 4) is 11.5 Å². The Kier molecular flexibility index (Phi) is 5.66. The smallest absolute Gasteiger partial charge is 0.416 e. The molecule has 0 bridgehead atoms. The Balaban J connectivity index is 1.45. The van der Waals surface area contributed by atoms with E-state index in [1.807, 2.05) is 6.07 Å². The summed E-state index contributed by atoms with van der Waals surface area (Å²) in [5.74, 6) is 0.661. The average molecular weight is 415 g/mol. The summed E-state index contributed by atoms with van der Waals surface area (Å²) in [5.41, 5.74) is 2.39. The Morgan fingerprint density at radius 2 is 1.60 bits per heavy atom. The number of benzene rings is 3. The Hall–Kier alpha value is -3.02. The van der Waals surface area contributed by atoms with Crippen molar-refractivity contribution in [2.45, 2.75) is 38.4 Å². The van der Waals surface area contributed by atoms with Crippen LogP contribution in [-0.4, -0.2) is 0 Å². The fourth-order valence-corrected chi connectivity index (χ4v) is 3.66. The van der Waals surface area contributed by atoms with Gasteiger partial charge >= 0.3 is 6.18 Å². The largest absolute Gasteiger partial charge is 0.457 e. The average Bonchev–Trinajstić information content (AvgIpc) is 2.72. The molecule has 0 aliphatic heterocycles. The number of alkyl halides is 3. The molecule has 0 spiro atoms. The molecule has 0 aromatic heterocycles. The lowest BCUT2D eigenvalue weighted by Crippen LogP contribution is -2.08. The number of fused-ring (bicyclic) bond motifs is 1. The lowest BCUT2D eigenvalue weighted by atomic mass is 9.92. The van der Waals surface area contributed by atoms with Crippen molar-refractivity contribution in [2.24, 2.45) is 0 Å². The van der Waals surface area contributed by atoms with Crippen LogP contribution >= 0.6 is 0 Å². The first-order chi connectivity index (χ1) is 14.4. The van der Waals surface area contributed by atoms with Crippen molar-refractivity contribution < 1.29 is 22.3 Å². The third-order valence-corrected chi connectivity index (χ3v) is 5.25. The highest BCUT2D eigenvalue weighted by Crippen LogP contribution is 2.31. The summed E-state index contributed by atoms with van der Waals surface area (Å²) in [6.07, 6.45) is 0.0399. The molecule has 1 aliphatic rings. The fourth-order valence-electron chi connectivity index (χ4n) is 3.66. The van der Waals surface area contributed by atoms with Gasteiger partial charge in [-0.25, -0.2) is 4.39 Å². The Bertz CT molecular complexity index is 1050. The zero-order chi connectivity index (χ0) is 21.1. The van der Waals surface area contributed by atoms with Gasteiger partial charge in [0, 0.05) is 23.9 Å². The van der Waals surface area contributed by atoms with Crippen LogP contribution in [0.3, 0.4) is 0 Å². The topological polar surface area (TPSA) is 21.3 Å². The van der Waals surface area contributed by atoms with E-state index in [0.29, 0.717) is 11.4 Å². The van der Waals surface area contributed by atoms with Gasteiger partial charge in [0.1, 0.15) is 17.3 Å². The molecule has 0 heterocycles. The van der Waals surface area contributed by atoms with Crippen LogP contribution in [0, 0.1) is 5.82 Å². The summed E-state index contributed by atoms with van der Waals surface area (Å²) < 4.78 is 58.5. The maximum atomic E-state index is 13.9. The molecule has 0 unspecified atom stereocenters. The third kappa shape index (κ3) is 4.75. The summed E-state index contributed by atoms with van der Waals surface area (Å²) in [6, 6.07) is 15.6. The maximum Gasteiger partial charge on any atom is 0.416 e. The first-order valence-electron chi connectivity index (χ1n) is 9.88. The van der Waals surface area contributed by atoms with Crippen molar-refractivity contribution in [3.05, 3.63) is 88.7 Å². The second-order valence-corrected chi connectivity index (χ2v) is 7.43. The molecular formula is C24H21F4NO. The van der Waals surface area contributed by atoms with Gasteiger partial charge in [0.25, 0.3) is 0 Å². The van der Waals surface area contributed by atoms with E-state index in [2.05, 4.69) is 17.4 Å². The second-order valence-electron chi connectivity index (χ2n) is 7.43. The van der Waals surface area contributed by atoms with E-state index >= 15 is 0 Å². The number of hydrogen-bond donors (Lipinski definition) is 1. The van der Waals surface area contributed by atoms with Crippen LogP contribution in [0.4, 0.5) is 23.2 Å². The van der Waals surface area contributed by atoms with Crippen molar-refractivity contribution in [1.29, 1.82) is 0 Å². The van der Waals surface area contributed by atoms with Gasteiger partial charge in [-0.1, -0.05) is 12.1 Å². The number of aryl methyl sites for hydroxylation is 2. The van der Waals surface area contributed by atoms with Gasteiger partial charge < -0.3 is 10.1 Å². The number of rotatable bonds is 5. The molecule has 0 radical (unpaired) electrons. The molecule has 0 saturated heterocycles. The van der Waals surface area contributed by atoms with Gasteiger partial charge in [0.2, 0.25) is 0 Å². The molecule has 0 fully saturated rings. The minimum Gasteiger partial charge on any atom is -0.457 e. The van der Waals surface area contributed by atoms with Crippen LogP contribution in [0.2, 0.25) is 0 Å². The van der Waals surface area contributed by atoms with Gasteiger partial charge in [0.05, 0.1) is 5.56 Å². The van der Waals surface area contributed by atoms with Crippen LogP contribution < -0.4 is 10.1 Å². The van der Waals surface area contributed by atoms with E-state index in [-0.39, 0.29) is 12.1 Å². The van der Waals surface area contributed by atoms with Gasteiger partial charge in [-0.2, -0.15) is 13.2 Å². The van der Waals surface area contributed by atoms with Crippen molar-refractivity contribution >= 4 is 5.69 Å². The summed E-state index contributed by atoms with van der Waals surface area (Å²) in [4.78, 5) is 0. The van der Waals surface area contributed by atoms with Gasteiger partial charge in [-0.15, -0.1) is 0 Å². The molecule has 2 nitrogen and oxygen atoms in total. The Labute approximate surface area is 172 Å². The van der Waals surface area contributed by atoms with E-state index in [1.165, 1.54) is 24.0 Å². The molecule has 156 valence electrons. The van der Waals surface area contributed by atoms with Gasteiger partial charge in [-0.3, -0.25) is 0 Å². The van der Waals surface area contributed by atoms with Gasteiger partial charge in [0.15, 0.2) is 0 Å². The highest BCUT2D eigenvalue weighted by atomic mass is 19.4. The SMILES string of the molecule is Fc1ccc(C(F)(F)F)cc1CNc1cccc(Oc2ccc3c(c2)CCCC3)c1. The quantitative estimate of drug-likeness (QED) is 0.448. The monoisotopic (exact) mass is 415 g/mol. The molecule has 6 heteroatoms. The zero-order valence-corrected chi connectivity index (χ0v) is 16.2. The predicted molar refractivity (Wildman–Crippen MR) is 108 cm³/mol. The Morgan fingerprint density at radius 1 is 0.833 bits per heavy atom. The number of anilines is 1. The van der Waals surface area contributed by atoms with Gasteiger partial charge in [-0.05, 0) is 79.3 Å². The number of halogens is 4. The molecule has 3 aromatic rings. The lowest BCUT2D eigenvalue weighted by molar-refractivity contribution is -0.137.